The van der Waals surface area contributed by atoms with E-state index in [1.807, 2.05) is 0 Å². The Labute approximate surface area is 121 Å². The molecule has 1 rings (SSSR count). The number of amides is 1. The summed E-state index contributed by atoms with van der Waals surface area (Å²) in [5, 5.41) is 19.3. The van der Waals surface area contributed by atoms with Crippen molar-refractivity contribution in [2.75, 3.05) is 13.6 Å². The van der Waals surface area contributed by atoms with Gasteiger partial charge in [-0.2, -0.15) is 0 Å². The van der Waals surface area contributed by atoms with Crippen molar-refractivity contribution in [3.8, 4) is 0 Å². The third-order valence-corrected chi connectivity index (χ3v) is 4.33. The summed E-state index contributed by atoms with van der Waals surface area (Å²) < 4.78 is 26.2. The first kappa shape index (κ1) is 16.9. The summed E-state index contributed by atoms with van der Waals surface area (Å²) in [6.45, 7) is 1.44. The van der Waals surface area contributed by atoms with Crippen molar-refractivity contribution in [1.82, 2.24) is 9.62 Å². The molecule has 0 radical (unpaired) electrons. The molecule has 0 bridgehead atoms. The first-order chi connectivity index (χ1) is 9.65. The molecule has 0 fully saturated rings. The molecule has 1 amide bonds. The molecule has 1 atom stereocenters. The van der Waals surface area contributed by atoms with Crippen LogP contribution in [-0.2, 0) is 10.0 Å². The maximum absolute atomic E-state index is 12.0. The summed E-state index contributed by atoms with van der Waals surface area (Å²) in [6, 6.07) is 3.84. The molecule has 0 aliphatic rings. The number of carbonyl (C=O) groups is 1. The van der Waals surface area contributed by atoms with E-state index >= 15 is 0 Å². The zero-order valence-corrected chi connectivity index (χ0v) is 12.2. The van der Waals surface area contributed by atoms with Crippen LogP contribution in [-0.4, -0.2) is 49.1 Å². The number of nitrogens with one attached hydrogen (secondary N) is 1. The standard InChI is InChI=1S/C11H15N3O6S/c1-8(13(2)11(15)16)7-12-21(19,20)10-5-3-9(4-6-10)14(17)18/h3-6,8,12H,7H2,1-2H3,(H,15,16)/t8-/m0/s1. The number of sulfonamides is 1. The van der Waals surface area contributed by atoms with Crippen molar-refractivity contribution < 1.29 is 23.2 Å². The molecule has 2 N–H and O–H groups in total. The number of hydrogen-bond donors (Lipinski definition) is 2. The molecule has 21 heavy (non-hydrogen) atoms. The molecular formula is C11H15N3O6S. The minimum absolute atomic E-state index is 0.109. The lowest BCUT2D eigenvalue weighted by atomic mass is 10.3. The number of nitrogens with zero attached hydrogens (tertiary/aromatic N) is 2. The van der Waals surface area contributed by atoms with Crippen LogP contribution in [0.25, 0.3) is 0 Å². The van der Waals surface area contributed by atoms with E-state index in [0.29, 0.717) is 0 Å². The normalized spacial score (nSPS) is 12.7. The number of benzene rings is 1. The van der Waals surface area contributed by atoms with Gasteiger partial charge in [0.15, 0.2) is 0 Å². The summed E-state index contributed by atoms with van der Waals surface area (Å²) in [4.78, 5) is 21.4. The maximum Gasteiger partial charge on any atom is 0.407 e. The van der Waals surface area contributed by atoms with E-state index in [0.717, 1.165) is 29.2 Å². The molecule has 9 nitrogen and oxygen atoms in total. The van der Waals surface area contributed by atoms with Gasteiger partial charge in [0.1, 0.15) is 0 Å². The van der Waals surface area contributed by atoms with Crippen LogP contribution < -0.4 is 4.72 Å². The van der Waals surface area contributed by atoms with E-state index in [4.69, 9.17) is 5.11 Å². The molecular weight excluding hydrogens is 302 g/mol. The van der Waals surface area contributed by atoms with Gasteiger partial charge >= 0.3 is 6.09 Å². The summed E-state index contributed by atoms with van der Waals surface area (Å²) >= 11 is 0. The van der Waals surface area contributed by atoms with E-state index in [1.165, 1.54) is 7.05 Å². The van der Waals surface area contributed by atoms with E-state index in [1.54, 1.807) is 6.92 Å². The highest BCUT2D eigenvalue weighted by Gasteiger charge is 2.19. The van der Waals surface area contributed by atoms with Crippen molar-refractivity contribution in [2.24, 2.45) is 0 Å². The molecule has 0 aliphatic carbocycles. The lowest BCUT2D eigenvalue weighted by Gasteiger charge is -2.21. The Morgan fingerprint density at radius 1 is 1.43 bits per heavy atom. The molecule has 116 valence electrons. The van der Waals surface area contributed by atoms with Gasteiger partial charge in [0.25, 0.3) is 5.69 Å². The first-order valence-electron chi connectivity index (χ1n) is 5.85. The first-order valence-corrected chi connectivity index (χ1v) is 7.33. The smallest absolute Gasteiger partial charge is 0.407 e. The fraction of sp³-hybridized carbons (Fsp3) is 0.364. The van der Waals surface area contributed by atoms with Crippen LogP contribution in [0.5, 0.6) is 0 Å². The Hall–Kier alpha value is -2.20. The van der Waals surface area contributed by atoms with E-state index < -0.39 is 27.1 Å². The van der Waals surface area contributed by atoms with Crippen LogP contribution in [0.15, 0.2) is 29.2 Å². The van der Waals surface area contributed by atoms with Gasteiger partial charge in [0.05, 0.1) is 9.82 Å². The molecule has 0 aliphatic heterocycles. The SMILES string of the molecule is C[C@@H](CNS(=O)(=O)c1ccc([N+](=O)[O-])cc1)N(C)C(=O)O. The van der Waals surface area contributed by atoms with Gasteiger partial charge in [-0.3, -0.25) is 10.1 Å². The largest absolute Gasteiger partial charge is 0.465 e. The lowest BCUT2D eigenvalue weighted by Crippen LogP contribution is -2.42. The van der Waals surface area contributed by atoms with Crippen molar-refractivity contribution in [3.63, 3.8) is 0 Å². The highest BCUT2D eigenvalue weighted by molar-refractivity contribution is 7.89. The minimum atomic E-state index is -3.85. The van der Waals surface area contributed by atoms with Crippen molar-refractivity contribution in [2.45, 2.75) is 17.9 Å². The van der Waals surface area contributed by atoms with Gasteiger partial charge in [0, 0.05) is 31.8 Å². The third kappa shape index (κ3) is 4.39. The molecule has 0 saturated heterocycles. The molecule has 0 spiro atoms. The molecule has 10 heteroatoms. The van der Waals surface area contributed by atoms with Crippen LogP contribution in [0.3, 0.4) is 0 Å². The van der Waals surface area contributed by atoms with Crippen molar-refractivity contribution in [3.05, 3.63) is 34.4 Å². The van der Waals surface area contributed by atoms with Crippen LogP contribution in [0, 0.1) is 10.1 Å². The van der Waals surface area contributed by atoms with Gasteiger partial charge in [-0.15, -0.1) is 0 Å². The Morgan fingerprint density at radius 3 is 2.38 bits per heavy atom. The fourth-order valence-corrected chi connectivity index (χ4v) is 2.51. The molecule has 1 aromatic rings. The summed E-state index contributed by atoms with van der Waals surface area (Å²) in [5.41, 5.74) is -0.215. The zero-order valence-electron chi connectivity index (χ0n) is 11.4. The van der Waals surface area contributed by atoms with Crippen LogP contribution in [0.4, 0.5) is 10.5 Å². The quantitative estimate of drug-likeness (QED) is 0.591. The molecule has 0 aromatic heterocycles. The second-order valence-corrected chi connectivity index (χ2v) is 6.11. The molecule has 0 saturated carbocycles. The van der Waals surface area contributed by atoms with Crippen molar-refractivity contribution >= 4 is 21.8 Å². The van der Waals surface area contributed by atoms with Gasteiger partial charge in [-0.05, 0) is 19.1 Å². The lowest BCUT2D eigenvalue weighted by molar-refractivity contribution is -0.384. The average molecular weight is 317 g/mol. The number of non-ortho nitro benzene ring substituents is 1. The van der Waals surface area contributed by atoms with E-state index in [-0.39, 0.29) is 17.1 Å². The number of carboxylic acid groups (broad SMARTS) is 1. The average Bonchev–Trinajstić information content (AvgIpc) is 2.44. The predicted octanol–water partition coefficient (Wildman–Crippen LogP) is 0.871. The van der Waals surface area contributed by atoms with Gasteiger partial charge in [-0.25, -0.2) is 17.9 Å². The van der Waals surface area contributed by atoms with Gasteiger partial charge in [-0.1, -0.05) is 0 Å². The van der Waals surface area contributed by atoms with E-state index in [9.17, 15) is 23.3 Å². The second kappa shape index (κ2) is 6.50. The summed E-state index contributed by atoms with van der Waals surface area (Å²) in [5.74, 6) is 0. The topological polar surface area (TPSA) is 130 Å². The van der Waals surface area contributed by atoms with Crippen LogP contribution in [0.1, 0.15) is 6.92 Å². The number of hydrogen-bond acceptors (Lipinski definition) is 5. The zero-order chi connectivity index (χ0) is 16.2. The molecule has 0 unspecified atom stereocenters. The van der Waals surface area contributed by atoms with Crippen LogP contribution >= 0.6 is 0 Å². The Balaban J connectivity index is 2.78. The number of nitro benzene ring substituents is 1. The minimum Gasteiger partial charge on any atom is -0.465 e. The fourth-order valence-electron chi connectivity index (χ4n) is 1.39. The monoisotopic (exact) mass is 317 g/mol. The Kier molecular flexibility index (Phi) is 5.22. The molecule has 1 aromatic carbocycles. The maximum atomic E-state index is 12.0. The summed E-state index contributed by atoms with van der Waals surface area (Å²) in [7, 11) is -2.52. The second-order valence-electron chi connectivity index (χ2n) is 4.35. The number of nitro groups is 1. The highest BCUT2D eigenvalue weighted by Crippen LogP contribution is 2.15. The summed E-state index contributed by atoms with van der Waals surface area (Å²) in [6.07, 6.45) is -1.17. The van der Waals surface area contributed by atoms with Crippen LogP contribution in [0.2, 0.25) is 0 Å². The predicted molar refractivity (Wildman–Crippen MR) is 73.5 cm³/mol. The molecule has 0 heterocycles. The van der Waals surface area contributed by atoms with E-state index in [2.05, 4.69) is 4.72 Å². The Morgan fingerprint density at radius 2 is 1.95 bits per heavy atom. The number of likely N-dealkylation sites (N-methyl/N-ethyl adjacent to an activating group) is 1. The Bertz CT molecular complexity index is 628. The number of rotatable bonds is 6. The van der Waals surface area contributed by atoms with Gasteiger partial charge < -0.3 is 10.0 Å². The highest BCUT2D eigenvalue weighted by atomic mass is 32.2. The van der Waals surface area contributed by atoms with Gasteiger partial charge in [0.2, 0.25) is 10.0 Å². The van der Waals surface area contributed by atoms with Crippen molar-refractivity contribution in [1.29, 1.82) is 0 Å². The third-order valence-electron chi connectivity index (χ3n) is 2.89.